The number of hydrogen-bond acceptors (Lipinski definition) is 2. The number of nitrogens with zero attached hydrogens (tertiary/aromatic N) is 1. The van der Waals surface area contributed by atoms with Crippen LogP contribution in [0.4, 0.5) is 10.5 Å². The number of carbonyl (C=O) groups is 1. The monoisotopic (exact) mass is 337 g/mol. The summed E-state index contributed by atoms with van der Waals surface area (Å²) < 4.78 is 0. The number of likely N-dealkylation sites (tertiary alicyclic amines) is 1. The number of nitrogens with two attached hydrogens (primary N) is 1. The van der Waals surface area contributed by atoms with Crippen LogP contribution in [-0.4, -0.2) is 30.1 Å². The number of piperidine rings is 1. The van der Waals surface area contributed by atoms with Crippen LogP contribution < -0.4 is 11.1 Å². The molecule has 23 heavy (non-hydrogen) atoms. The SMILES string of the molecule is Cl.NC1CCCN(C(=O)Nc2ccc(C3CCCCC3)cc2)C1. The minimum atomic E-state index is -0.0273. The number of anilines is 1. The Morgan fingerprint density at radius 2 is 1.74 bits per heavy atom. The molecule has 1 aliphatic carbocycles. The predicted molar refractivity (Wildman–Crippen MR) is 97.3 cm³/mol. The molecule has 1 aromatic rings. The number of benzene rings is 1. The molecule has 5 heteroatoms. The second-order valence-electron chi connectivity index (χ2n) is 6.74. The highest BCUT2D eigenvalue weighted by atomic mass is 35.5. The lowest BCUT2D eigenvalue weighted by molar-refractivity contribution is 0.193. The van der Waals surface area contributed by atoms with E-state index in [0.29, 0.717) is 12.5 Å². The Morgan fingerprint density at radius 3 is 2.39 bits per heavy atom. The molecule has 1 aromatic carbocycles. The molecule has 2 amide bonds. The first-order valence-electron chi connectivity index (χ1n) is 8.64. The zero-order chi connectivity index (χ0) is 15.4. The first-order chi connectivity index (χ1) is 10.7. The molecule has 1 saturated carbocycles. The van der Waals surface area contributed by atoms with Gasteiger partial charge in [0.2, 0.25) is 0 Å². The van der Waals surface area contributed by atoms with Crippen LogP contribution in [0.25, 0.3) is 0 Å². The number of amides is 2. The highest BCUT2D eigenvalue weighted by molar-refractivity contribution is 5.89. The third-order valence-electron chi connectivity index (χ3n) is 4.98. The molecule has 4 nitrogen and oxygen atoms in total. The van der Waals surface area contributed by atoms with E-state index in [0.717, 1.165) is 25.1 Å². The fourth-order valence-corrected chi connectivity index (χ4v) is 3.67. The molecular weight excluding hydrogens is 310 g/mol. The third kappa shape index (κ3) is 4.85. The van der Waals surface area contributed by atoms with Crippen molar-refractivity contribution >= 4 is 24.1 Å². The summed E-state index contributed by atoms with van der Waals surface area (Å²) in [5, 5.41) is 2.99. The summed E-state index contributed by atoms with van der Waals surface area (Å²) in [6.45, 7) is 1.46. The van der Waals surface area contributed by atoms with E-state index in [9.17, 15) is 4.79 Å². The predicted octanol–water partition coefficient (Wildman–Crippen LogP) is 4.11. The van der Waals surface area contributed by atoms with Gasteiger partial charge < -0.3 is 16.0 Å². The fraction of sp³-hybridized carbons (Fsp3) is 0.611. The largest absolute Gasteiger partial charge is 0.326 e. The van der Waals surface area contributed by atoms with Gasteiger partial charge in [-0.1, -0.05) is 31.4 Å². The van der Waals surface area contributed by atoms with Crippen molar-refractivity contribution in [2.75, 3.05) is 18.4 Å². The van der Waals surface area contributed by atoms with E-state index in [1.165, 1.54) is 37.7 Å². The maximum atomic E-state index is 12.3. The van der Waals surface area contributed by atoms with E-state index in [1.807, 2.05) is 17.0 Å². The van der Waals surface area contributed by atoms with Crippen LogP contribution in [-0.2, 0) is 0 Å². The van der Waals surface area contributed by atoms with Crippen molar-refractivity contribution in [2.24, 2.45) is 5.73 Å². The van der Waals surface area contributed by atoms with Crippen molar-refractivity contribution in [3.63, 3.8) is 0 Å². The van der Waals surface area contributed by atoms with Gasteiger partial charge in [-0.2, -0.15) is 0 Å². The summed E-state index contributed by atoms with van der Waals surface area (Å²) in [6.07, 6.45) is 8.68. The molecule has 1 saturated heterocycles. The lowest BCUT2D eigenvalue weighted by atomic mass is 9.84. The van der Waals surface area contributed by atoms with Crippen molar-refractivity contribution < 1.29 is 4.79 Å². The smallest absolute Gasteiger partial charge is 0.321 e. The zero-order valence-electron chi connectivity index (χ0n) is 13.7. The Bertz CT molecular complexity index is 499. The first-order valence-corrected chi connectivity index (χ1v) is 8.64. The van der Waals surface area contributed by atoms with Gasteiger partial charge in [-0.15, -0.1) is 12.4 Å². The van der Waals surface area contributed by atoms with Gasteiger partial charge in [0, 0.05) is 24.8 Å². The minimum absolute atomic E-state index is 0. The van der Waals surface area contributed by atoms with Crippen molar-refractivity contribution in [1.82, 2.24) is 4.90 Å². The zero-order valence-corrected chi connectivity index (χ0v) is 14.5. The van der Waals surface area contributed by atoms with Gasteiger partial charge in [-0.3, -0.25) is 0 Å². The average Bonchev–Trinajstić information content (AvgIpc) is 2.56. The van der Waals surface area contributed by atoms with Crippen LogP contribution in [0.2, 0.25) is 0 Å². The molecule has 3 N–H and O–H groups in total. The van der Waals surface area contributed by atoms with Crippen LogP contribution in [0.5, 0.6) is 0 Å². The van der Waals surface area contributed by atoms with Gasteiger partial charge in [0.15, 0.2) is 0 Å². The molecule has 2 aliphatic rings. The average molecular weight is 338 g/mol. The standard InChI is InChI=1S/C18H27N3O.ClH/c19-16-7-4-12-21(13-16)18(22)20-17-10-8-15(9-11-17)14-5-2-1-3-6-14;/h8-11,14,16H,1-7,12-13,19H2,(H,20,22);1H. The molecule has 3 rings (SSSR count). The molecule has 1 heterocycles. The second kappa shape index (κ2) is 8.55. The van der Waals surface area contributed by atoms with Gasteiger partial charge >= 0.3 is 6.03 Å². The van der Waals surface area contributed by atoms with E-state index < -0.39 is 0 Å². The summed E-state index contributed by atoms with van der Waals surface area (Å²) in [6, 6.07) is 8.51. The molecule has 1 aliphatic heterocycles. The highest BCUT2D eigenvalue weighted by Crippen LogP contribution is 2.33. The number of carbonyl (C=O) groups excluding carboxylic acids is 1. The number of urea groups is 1. The van der Waals surface area contributed by atoms with E-state index in [4.69, 9.17) is 5.73 Å². The molecule has 1 unspecified atom stereocenters. The summed E-state index contributed by atoms with van der Waals surface area (Å²) in [7, 11) is 0. The Labute approximate surface area is 145 Å². The van der Waals surface area contributed by atoms with Crippen molar-refractivity contribution in [3.05, 3.63) is 29.8 Å². The van der Waals surface area contributed by atoms with Crippen LogP contribution in [0.15, 0.2) is 24.3 Å². The molecule has 1 atom stereocenters. The number of halogens is 1. The lowest BCUT2D eigenvalue weighted by Gasteiger charge is -2.30. The quantitative estimate of drug-likeness (QED) is 0.853. The van der Waals surface area contributed by atoms with Gasteiger partial charge in [0.1, 0.15) is 0 Å². The van der Waals surface area contributed by atoms with Crippen molar-refractivity contribution in [3.8, 4) is 0 Å². The van der Waals surface area contributed by atoms with Gasteiger partial charge in [-0.25, -0.2) is 4.79 Å². The molecule has 128 valence electrons. The molecule has 0 spiro atoms. The normalized spacial score (nSPS) is 22.3. The summed E-state index contributed by atoms with van der Waals surface area (Å²) in [5.74, 6) is 0.707. The van der Waals surface area contributed by atoms with Crippen LogP contribution in [0.3, 0.4) is 0 Å². The van der Waals surface area contributed by atoms with E-state index >= 15 is 0 Å². The van der Waals surface area contributed by atoms with Crippen molar-refractivity contribution in [1.29, 1.82) is 0 Å². The molecule has 0 radical (unpaired) electrons. The number of rotatable bonds is 2. The molecule has 2 fully saturated rings. The molecular formula is C18H28ClN3O. The van der Waals surface area contributed by atoms with Crippen LogP contribution in [0, 0.1) is 0 Å². The summed E-state index contributed by atoms with van der Waals surface area (Å²) >= 11 is 0. The van der Waals surface area contributed by atoms with Crippen molar-refractivity contribution in [2.45, 2.75) is 56.9 Å². The summed E-state index contributed by atoms with van der Waals surface area (Å²) in [4.78, 5) is 14.1. The Balaban J connectivity index is 0.00000192. The second-order valence-corrected chi connectivity index (χ2v) is 6.74. The number of hydrogen-bond donors (Lipinski definition) is 2. The van der Waals surface area contributed by atoms with E-state index in [-0.39, 0.29) is 24.5 Å². The Hall–Kier alpha value is -1.26. The topological polar surface area (TPSA) is 58.4 Å². The highest BCUT2D eigenvalue weighted by Gasteiger charge is 2.21. The maximum absolute atomic E-state index is 12.3. The molecule has 0 aromatic heterocycles. The minimum Gasteiger partial charge on any atom is -0.326 e. The Morgan fingerprint density at radius 1 is 1.04 bits per heavy atom. The van der Waals surface area contributed by atoms with E-state index in [1.54, 1.807) is 0 Å². The fourth-order valence-electron chi connectivity index (χ4n) is 3.67. The van der Waals surface area contributed by atoms with Gasteiger partial charge in [0.25, 0.3) is 0 Å². The lowest BCUT2D eigenvalue weighted by Crippen LogP contribution is -2.47. The summed E-state index contributed by atoms with van der Waals surface area (Å²) in [5.41, 5.74) is 8.23. The maximum Gasteiger partial charge on any atom is 0.321 e. The van der Waals surface area contributed by atoms with E-state index in [2.05, 4.69) is 17.4 Å². The van der Waals surface area contributed by atoms with Gasteiger partial charge in [0.05, 0.1) is 0 Å². The number of nitrogens with one attached hydrogen (secondary N) is 1. The van der Waals surface area contributed by atoms with Gasteiger partial charge in [-0.05, 0) is 49.3 Å². The molecule has 0 bridgehead atoms. The Kier molecular flexibility index (Phi) is 6.72. The third-order valence-corrected chi connectivity index (χ3v) is 4.98. The van der Waals surface area contributed by atoms with Crippen LogP contribution >= 0.6 is 12.4 Å². The first kappa shape index (κ1) is 18.1. The van der Waals surface area contributed by atoms with Crippen LogP contribution in [0.1, 0.15) is 56.4 Å².